The standard InChI is InChI=1S/C14H25N3/c1-5-7-15-9-13-10-16-8-6-14(13)17(4)11-12(2)3/h6,8,10,12,15H,5,7,9,11H2,1-4H3. The van der Waals surface area contributed by atoms with E-state index in [4.69, 9.17) is 0 Å². The lowest BCUT2D eigenvalue weighted by Crippen LogP contribution is -2.25. The Bertz CT molecular complexity index is 323. The molecule has 1 heterocycles. The minimum atomic E-state index is 0.671. The molecule has 0 atom stereocenters. The third kappa shape index (κ3) is 4.73. The minimum absolute atomic E-state index is 0.671. The number of pyridine rings is 1. The molecule has 0 radical (unpaired) electrons. The van der Waals surface area contributed by atoms with Crippen LogP contribution in [-0.2, 0) is 6.54 Å². The van der Waals surface area contributed by atoms with Gasteiger partial charge in [-0.25, -0.2) is 0 Å². The van der Waals surface area contributed by atoms with E-state index in [1.54, 1.807) is 0 Å². The fourth-order valence-corrected chi connectivity index (χ4v) is 1.97. The molecule has 3 heteroatoms. The number of hydrogen-bond acceptors (Lipinski definition) is 3. The van der Waals surface area contributed by atoms with Gasteiger partial charge in [-0.1, -0.05) is 20.8 Å². The maximum atomic E-state index is 4.22. The molecule has 0 amide bonds. The minimum Gasteiger partial charge on any atom is -0.374 e. The molecule has 1 aromatic rings. The molecule has 1 N–H and O–H groups in total. The topological polar surface area (TPSA) is 28.2 Å². The van der Waals surface area contributed by atoms with Crippen LogP contribution in [0.2, 0.25) is 0 Å². The third-order valence-corrected chi connectivity index (χ3v) is 2.67. The lowest BCUT2D eigenvalue weighted by Gasteiger charge is -2.24. The molecule has 0 unspecified atom stereocenters. The van der Waals surface area contributed by atoms with Crippen molar-refractivity contribution in [3.05, 3.63) is 24.0 Å². The van der Waals surface area contributed by atoms with Gasteiger partial charge in [0.15, 0.2) is 0 Å². The van der Waals surface area contributed by atoms with Crippen molar-refractivity contribution in [1.29, 1.82) is 0 Å². The third-order valence-electron chi connectivity index (χ3n) is 2.67. The summed E-state index contributed by atoms with van der Waals surface area (Å²) >= 11 is 0. The van der Waals surface area contributed by atoms with Crippen LogP contribution >= 0.6 is 0 Å². The Morgan fingerprint density at radius 1 is 1.41 bits per heavy atom. The highest BCUT2D eigenvalue weighted by atomic mass is 15.1. The number of anilines is 1. The Morgan fingerprint density at radius 2 is 2.18 bits per heavy atom. The van der Waals surface area contributed by atoms with E-state index in [9.17, 15) is 0 Å². The molecule has 0 spiro atoms. The van der Waals surface area contributed by atoms with Crippen molar-refractivity contribution in [2.24, 2.45) is 5.92 Å². The molecule has 3 nitrogen and oxygen atoms in total. The average Bonchev–Trinajstić information content (AvgIpc) is 2.29. The van der Waals surface area contributed by atoms with Gasteiger partial charge in [0.05, 0.1) is 0 Å². The van der Waals surface area contributed by atoms with Gasteiger partial charge in [-0.2, -0.15) is 0 Å². The monoisotopic (exact) mass is 235 g/mol. The van der Waals surface area contributed by atoms with E-state index >= 15 is 0 Å². The van der Waals surface area contributed by atoms with Gasteiger partial charge in [-0.3, -0.25) is 4.98 Å². The number of aromatic nitrogens is 1. The van der Waals surface area contributed by atoms with Gasteiger partial charge in [-0.05, 0) is 24.9 Å². The van der Waals surface area contributed by atoms with Crippen molar-refractivity contribution in [2.75, 3.05) is 25.0 Å². The van der Waals surface area contributed by atoms with E-state index in [0.717, 1.165) is 26.1 Å². The fraction of sp³-hybridized carbons (Fsp3) is 0.643. The normalized spacial score (nSPS) is 10.9. The molecule has 0 saturated carbocycles. The van der Waals surface area contributed by atoms with Gasteiger partial charge in [0, 0.05) is 43.8 Å². The Morgan fingerprint density at radius 3 is 2.82 bits per heavy atom. The molecule has 1 rings (SSSR count). The highest BCUT2D eigenvalue weighted by molar-refractivity contribution is 5.51. The Labute approximate surface area is 105 Å². The molecule has 0 aliphatic heterocycles. The molecular weight excluding hydrogens is 210 g/mol. The van der Waals surface area contributed by atoms with Crippen LogP contribution in [0.25, 0.3) is 0 Å². The summed E-state index contributed by atoms with van der Waals surface area (Å²) in [6.45, 7) is 9.70. The Hall–Kier alpha value is -1.09. The van der Waals surface area contributed by atoms with Crippen LogP contribution in [-0.4, -0.2) is 25.1 Å². The second kappa shape index (κ2) is 7.28. The molecule has 0 fully saturated rings. The van der Waals surface area contributed by atoms with E-state index in [1.165, 1.54) is 11.3 Å². The van der Waals surface area contributed by atoms with Crippen molar-refractivity contribution in [3.63, 3.8) is 0 Å². The molecule has 17 heavy (non-hydrogen) atoms. The van der Waals surface area contributed by atoms with Crippen LogP contribution < -0.4 is 10.2 Å². The number of hydrogen-bond donors (Lipinski definition) is 1. The van der Waals surface area contributed by atoms with E-state index < -0.39 is 0 Å². The molecular formula is C14H25N3. The zero-order valence-electron chi connectivity index (χ0n) is 11.5. The second-order valence-corrected chi connectivity index (χ2v) is 4.96. The van der Waals surface area contributed by atoms with Gasteiger partial charge in [0.25, 0.3) is 0 Å². The largest absolute Gasteiger partial charge is 0.374 e. The van der Waals surface area contributed by atoms with Crippen molar-refractivity contribution in [3.8, 4) is 0 Å². The van der Waals surface area contributed by atoms with Gasteiger partial charge in [-0.15, -0.1) is 0 Å². The zero-order valence-corrected chi connectivity index (χ0v) is 11.5. The van der Waals surface area contributed by atoms with E-state index in [2.05, 4.69) is 49.1 Å². The molecule has 0 aliphatic carbocycles. The average molecular weight is 235 g/mol. The van der Waals surface area contributed by atoms with Crippen molar-refractivity contribution in [2.45, 2.75) is 33.7 Å². The smallest absolute Gasteiger partial charge is 0.0440 e. The van der Waals surface area contributed by atoms with Crippen LogP contribution in [0.4, 0.5) is 5.69 Å². The van der Waals surface area contributed by atoms with Crippen LogP contribution in [0.3, 0.4) is 0 Å². The first-order valence-electron chi connectivity index (χ1n) is 6.49. The summed E-state index contributed by atoms with van der Waals surface area (Å²) in [5.74, 6) is 0.671. The first kappa shape index (κ1) is 14.0. The Kier molecular flexibility index (Phi) is 5.98. The van der Waals surface area contributed by atoms with Crippen molar-refractivity contribution >= 4 is 5.69 Å². The van der Waals surface area contributed by atoms with Gasteiger partial charge < -0.3 is 10.2 Å². The maximum Gasteiger partial charge on any atom is 0.0440 e. The first-order chi connectivity index (χ1) is 8.15. The Balaban J connectivity index is 2.69. The van der Waals surface area contributed by atoms with Crippen LogP contribution in [0.15, 0.2) is 18.5 Å². The summed E-state index contributed by atoms with van der Waals surface area (Å²) in [7, 11) is 2.15. The van der Waals surface area contributed by atoms with Gasteiger partial charge >= 0.3 is 0 Å². The lowest BCUT2D eigenvalue weighted by molar-refractivity contribution is 0.631. The van der Waals surface area contributed by atoms with Gasteiger partial charge in [0.1, 0.15) is 0 Å². The molecule has 0 saturated heterocycles. The quantitative estimate of drug-likeness (QED) is 0.736. The summed E-state index contributed by atoms with van der Waals surface area (Å²) in [5.41, 5.74) is 2.57. The number of nitrogens with zero attached hydrogens (tertiary/aromatic N) is 2. The van der Waals surface area contributed by atoms with Crippen LogP contribution in [0.5, 0.6) is 0 Å². The molecule has 0 bridgehead atoms. The number of rotatable bonds is 7. The fourth-order valence-electron chi connectivity index (χ4n) is 1.97. The molecule has 0 aromatic carbocycles. The second-order valence-electron chi connectivity index (χ2n) is 4.96. The molecule has 96 valence electrons. The predicted octanol–water partition coefficient (Wildman–Crippen LogP) is 2.67. The SMILES string of the molecule is CCCNCc1cnccc1N(C)CC(C)C. The summed E-state index contributed by atoms with van der Waals surface area (Å²) in [6.07, 6.45) is 5.00. The molecule has 0 aliphatic rings. The molecule has 1 aromatic heterocycles. The van der Waals surface area contributed by atoms with Crippen LogP contribution in [0, 0.1) is 5.92 Å². The van der Waals surface area contributed by atoms with Crippen molar-refractivity contribution in [1.82, 2.24) is 10.3 Å². The van der Waals surface area contributed by atoms with Crippen molar-refractivity contribution < 1.29 is 0 Å². The summed E-state index contributed by atoms with van der Waals surface area (Å²) in [4.78, 5) is 6.53. The summed E-state index contributed by atoms with van der Waals surface area (Å²) in [5, 5.41) is 3.43. The van der Waals surface area contributed by atoms with E-state index in [-0.39, 0.29) is 0 Å². The number of nitrogens with one attached hydrogen (secondary N) is 1. The van der Waals surface area contributed by atoms with Crippen LogP contribution in [0.1, 0.15) is 32.8 Å². The van der Waals surface area contributed by atoms with E-state index in [0.29, 0.717) is 5.92 Å². The summed E-state index contributed by atoms with van der Waals surface area (Å²) < 4.78 is 0. The highest BCUT2D eigenvalue weighted by Crippen LogP contribution is 2.18. The lowest BCUT2D eigenvalue weighted by atomic mass is 10.1. The van der Waals surface area contributed by atoms with Gasteiger partial charge in [0.2, 0.25) is 0 Å². The van der Waals surface area contributed by atoms with E-state index in [1.807, 2.05) is 12.4 Å². The zero-order chi connectivity index (χ0) is 12.7. The summed E-state index contributed by atoms with van der Waals surface area (Å²) in [6, 6.07) is 2.10. The highest BCUT2D eigenvalue weighted by Gasteiger charge is 2.08. The predicted molar refractivity (Wildman–Crippen MR) is 74.3 cm³/mol. The first-order valence-corrected chi connectivity index (χ1v) is 6.49. The maximum absolute atomic E-state index is 4.22.